The lowest BCUT2D eigenvalue weighted by molar-refractivity contribution is 0.409. The monoisotopic (exact) mass is 274 g/mol. The molecule has 1 heterocycles. The van der Waals surface area contributed by atoms with Gasteiger partial charge >= 0.3 is 0 Å². The van der Waals surface area contributed by atoms with E-state index in [4.69, 9.17) is 9.47 Å². The van der Waals surface area contributed by atoms with Crippen molar-refractivity contribution in [2.75, 3.05) is 32.2 Å². The van der Waals surface area contributed by atoms with Crippen LogP contribution in [-0.2, 0) is 0 Å². The van der Waals surface area contributed by atoms with Gasteiger partial charge in [0.1, 0.15) is 17.0 Å². The summed E-state index contributed by atoms with van der Waals surface area (Å²) >= 11 is 0. The molecule has 4 heteroatoms. The number of ether oxygens (including phenoxy) is 2. The zero-order valence-electron chi connectivity index (χ0n) is 12.9. The van der Waals surface area contributed by atoms with Crippen molar-refractivity contribution in [3.05, 3.63) is 23.9 Å². The first-order valence-electron chi connectivity index (χ1n) is 6.93. The number of rotatable bonds is 5. The maximum atomic E-state index is 5.52. The van der Waals surface area contributed by atoms with Crippen LogP contribution in [0.2, 0.25) is 0 Å². The molecule has 0 fully saturated rings. The number of hydrogen-bond donors (Lipinski definition) is 0. The second kappa shape index (κ2) is 5.99. The third-order valence-electron chi connectivity index (χ3n) is 3.54. The van der Waals surface area contributed by atoms with Crippen molar-refractivity contribution in [2.24, 2.45) is 0 Å². The van der Waals surface area contributed by atoms with Crippen LogP contribution in [0.4, 0.5) is 5.69 Å². The quantitative estimate of drug-likeness (QED) is 0.837. The third kappa shape index (κ3) is 2.38. The fourth-order valence-corrected chi connectivity index (χ4v) is 2.54. The summed E-state index contributed by atoms with van der Waals surface area (Å²) in [6, 6.07) is 5.95. The van der Waals surface area contributed by atoms with Crippen molar-refractivity contribution in [3.8, 4) is 11.5 Å². The van der Waals surface area contributed by atoms with Gasteiger partial charge in [-0.3, -0.25) is 0 Å². The molecule has 0 atom stereocenters. The molecule has 4 nitrogen and oxygen atoms in total. The normalized spacial score (nSPS) is 10.7. The van der Waals surface area contributed by atoms with Crippen molar-refractivity contribution < 1.29 is 9.47 Å². The van der Waals surface area contributed by atoms with E-state index in [9.17, 15) is 0 Å². The van der Waals surface area contributed by atoms with Gasteiger partial charge in [0.15, 0.2) is 0 Å². The number of anilines is 1. The predicted octanol–water partition coefficient (Wildman–Crippen LogP) is 3.41. The Labute approximate surface area is 120 Å². The zero-order valence-corrected chi connectivity index (χ0v) is 12.9. The summed E-state index contributed by atoms with van der Waals surface area (Å²) in [6.45, 7) is 8.19. The largest absolute Gasteiger partial charge is 0.496 e. The van der Waals surface area contributed by atoms with E-state index in [2.05, 4.69) is 29.8 Å². The summed E-state index contributed by atoms with van der Waals surface area (Å²) in [4.78, 5) is 6.94. The average molecular weight is 274 g/mol. The van der Waals surface area contributed by atoms with Gasteiger partial charge in [-0.15, -0.1) is 0 Å². The van der Waals surface area contributed by atoms with Crippen LogP contribution in [0.3, 0.4) is 0 Å². The highest BCUT2D eigenvalue weighted by atomic mass is 16.5. The van der Waals surface area contributed by atoms with Gasteiger partial charge < -0.3 is 14.4 Å². The summed E-state index contributed by atoms with van der Waals surface area (Å²) in [5.41, 5.74) is 2.98. The van der Waals surface area contributed by atoms with Crippen LogP contribution in [0.15, 0.2) is 18.2 Å². The summed E-state index contributed by atoms with van der Waals surface area (Å²) in [5.74, 6) is 1.60. The molecule has 0 aliphatic heterocycles. The minimum absolute atomic E-state index is 0.776. The molecule has 0 amide bonds. The van der Waals surface area contributed by atoms with E-state index >= 15 is 0 Å². The van der Waals surface area contributed by atoms with Gasteiger partial charge in [-0.05, 0) is 39.0 Å². The molecule has 0 spiro atoms. The summed E-state index contributed by atoms with van der Waals surface area (Å²) < 4.78 is 11.0. The van der Waals surface area contributed by atoms with Crippen molar-refractivity contribution in [1.29, 1.82) is 0 Å². The maximum absolute atomic E-state index is 5.52. The van der Waals surface area contributed by atoms with Crippen molar-refractivity contribution in [1.82, 2.24) is 4.98 Å². The number of hydrogen-bond acceptors (Lipinski definition) is 4. The molecule has 2 aromatic rings. The van der Waals surface area contributed by atoms with E-state index in [-0.39, 0.29) is 0 Å². The lowest BCUT2D eigenvalue weighted by Gasteiger charge is -2.24. The molecular weight excluding hydrogens is 252 g/mol. The van der Waals surface area contributed by atoms with Crippen molar-refractivity contribution >= 4 is 16.6 Å². The number of pyridine rings is 1. The van der Waals surface area contributed by atoms with E-state index in [1.54, 1.807) is 14.2 Å². The van der Waals surface area contributed by atoms with Gasteiger partial charge in [0.25, 0.3) is 0 Å². The lowest BCUT2D eigenvalue weighted by Crippen LogP contribution is -2.22. The number of aryl methyl sites for hydroxylation is 1. The van der Waals surface area contributed by atoms with Crippen LogP contribution >= 0.6 is 0 Å². The number of nitrogens with zero attached hydrogens (tertiary/aromatic N) is 2. The summed E-state index contributed by atoms with van der Waals surface area (Å²) in [5, 5.41) is 1.01. The fraction of sp³-hybridized carbons (Fsp3) is 0.438. The Morgan fingerprint density at radius 1 is 1.05 bits per heavy atom. The molecule has 20 heavy (non-hydrogen) atoms. The molecule has 0 aliphatic carbocycles. The Kier molecular flexibility index (Phi) is 4.32. The molecule has 0 bridgehead atoms. The van der Waals surface area contributed by atoms with Gasteiger partial charge in [-0.1, -0.05) is 0 Å². The Balaban J connectivity index is 2.85. The SMILES string of the molecule is CCN(CC)c1cc(C)nc2c(OC)ccc(OC)c12. The smallest absolute Gasteiger partial charge is 0.145 e. The molecule has 0 radical (unpaired) electrons. The average Bonchev–Trinajstić information content (AvgIpc) is 2.47. The fourth-order valence-electron chi connectivity index (χ4n) is 2.54. The van der Waals surface area contributed by atoms with Crippen LogP contribution in [0.1, 0.15) is 19.5 Å². The minimum Gasteiger partial charge on any atom is -0.496 e. The highest BCUT2D eigenvalue weighted by molar-refractivity contribution is 6.00. The summed E-state index contributed by atoms with van der Waals surface area (Å²) in [6.07, 6.45) is 0. The molecule has 0 N–H and O–H groups in total. The van der Waals surface area contributed by atoms with Gasteiger partial charge in [0, 0.05) is 18.8 Å². The number of methoxy groups -OCH3 is 2. The van der Waals surface area contributed by atoms with E-state index in [0.717, 1.165) is 46.9 Å². The van der Waals surface area contributed by atoms with Gasteiger partial charge in [-0.2, -0.15) is 0 Å². The van der Waals surface area contributed by atoms with Crippen LogP contribution in [0.5, 0.6) is 11.5 Å². The van der Waals surface area contributed by atoms with Gasteiger partial charge in [-0.25, -0.2) is 4.98 Å². The molecule has 1 aromatic carbocycles. The molecule has 0 unspecified atom stereocenters. The van der Waals surface area contributed by atoms with Crippen molar-refractivity contribution in [2.45, 2.75) is 20.8 Å². The molecule has 0 aliphatic rings. The van der Waals surface area contributed by atoms with E-state index in [0.29, 0.717) is 0 Å². The Bertz CT molecular complexity index is 607. The molecule has 2 rings (SSSR count). The first-order valence-corrected chi connectivity index (χ1v) is 6.93. The standard InChI is InChI=1S/C16H22N2O2/c1-6-18(7-2)12-10-11(3)17-16-14(20-5)9-8-13(19-4)15(12)16/h8-10H,6-7H2,1-5H3. The number of aromatic nitrogens is 1. The topological polar surface area (TPSA) is 34.6 Å². The molecule has 108 valence electrons. The van der Waals surface area contributed by atoms with Gasteiger partial charge in [0.05, 0.1) is 25.3 Å². The summed E-state index contributed by atoms with van der Waals surface area (Å²) in [7, 11) is 3.36. The van der Waals surface area contributed by atoms with Crippen LogP contribution < -0.4 is 14.4 Å². The molecule has 0 saturated heterocycles. The number of fused-ring (bicyclic) bond motifs is 1. The number of benzene rings is 1. The lowest BCUT2D eigenvalue weighted by atomic mass is 10.1. The van der Waals surface area contributed by atoms with Crippen LogP contribution in [-0.4, -0.2) is 32.3 Å². The van der Waals surface area contributed by atoms with E-state index in [1.165, 1.54) is 0 Å². The predicted molar refractivity (Wildman–Crippen MR) is 83.1 cm³/mol. The first-order chi connectivity index (χ1) is 9.65. The Morgan fingerprint density at radius 3 is 2.20 bits per heavy atom. The molecule has 0 saturated carbocycles. The zero-order chi connectivity index (χ0) is 14.7. The minimum atomic E-state index is 0.776. The Hall–Kier alpha value is -1.97. The molecular formula is C16H22N2O2. The highest BCUT2D eigenvalue weighted by Crippen LogP contribution is 2.38. The van der Waals surface area contributed by atoms with E-state index in [1.807, 2.05) is 19.1 Å². The van der Waals surface area contributed by atoms with Gasteiger partial charge in [0.2, 0.25) is 0 Å². The maximum Gasteiger partial charge on any atom is 0.145 e. The van der Waals surface area contributed by atoms with Crippen molar-refractivity contribution in [3.63, 3.8) is 0 Å². The van der Waals surface area contributed by atoms with E-state index < -0.39 is 0 Å². The Morgan fingerprint density at radius 2 is 1.65 bits per heavy atom. The molecule has 1 aromatic heterocycles. The second-order valence-electron chi connectivity index (χ2n) is 4.65. The highest BCUT2D eigenvalue weighted by Gasteiger charge is 2.16. The van der Waals surface area contributed by atoms with Crippen LogP contribution in [0, 0.1) is 6.92 Å². The first kappa shape index (κ1) is 14.4. The second-order valence-corrected chi connectivity index (χ2v) is 4.65. The third-order valence-corrected chi connectivity index (χ3v) is 3.54. The van der Waals surface area contributed by atoms with Crippen LogP contribution in [0.25, 0.3) is 10.9 Å².